The molecular formula is C10H18N4O. The van der Waals surface area contributed by atoms with Gasteiger partial charge in [0.25, 0.3) is 0 Å². The van der Waals surface area contributed by atoms with Gasteiger partial charge in [-0.3, -0.25) is 0 Å². The SMILES string of the molecule is CN(C)C(C)(C)COc1cnc(N)cn1. The standard InChI is InChI=1S/C10H18N4O/c1-10(2,14(3)4)7-15-9-6-12-8(11)5-13-9/h5-6H,7H2,1-4H3,(H2,11,12). The highest BCUT2D eigenvalue weighted by Crippen LogP contribution is 2.13. The van der Waals surface area contributed by atoms with Gasteiger partial charge in [-0.25, -0.2) is 9.97 Å². The summed E-state index contributed by atoms with van der Waals surface area (Å²) in [5.41, 5.74) is 5.38. The van der Waals surface area contributed by atoms with Gasteiger partial charge in [-0.2, -0.15) is 0 Å². The van der Waals surface area contributed by atoms with E-state index in [-0.39, 0.29) is 5.54 Å². The first-order chi connectivity index (χ1) is 6.92. The zero-order valence-corrected chi connectivity index (χ0v) is 9.69. The van der Waals surface area contributed by atoms with E-state index >= 15 is 0 Å². The molecule has 0 fully saturated rings. The van der Waals surface area contributed by atoms with Crippen LogP contribution in [0.4, 0.5) is 5.82 Å². The molecule has 84 valence electrons. The fraction of sp³-hybridized carbons (Fsp3) is 0.600. The Hall–Kier alpha value is -1.36. The number of hydrogen-bond acceptors (Lipinski definition) is 5. The van der Waals surface area contributed by atoms with E-state index in [1.165, 1.54) is 12.4 Å². The number of nitrogens with two attached hydrogens (primary N) is 1. The Bertz CT molecular complexity index is 308. The van der Waals surface area contributed by atoms with E-state index < -0.39 is 0 Å². The molecule has 0 amide bonds. The third-order valence-corrected chi connectivity index (χ3v) is 2.43. The molecule has 1 aromatic heterocycles. The molecular weight excluding hydrogens is 192 g/mol. The lowest BCUT2D eigenvalue weighted by Crippen LogP contribution is -2.43. The van der Waals surface area contributed by atoms with Crippen molar-refractivity contribution in [3.05, 3.63) is 12.4 Å². The number of hydrogen-bond donors (Lipinski definition) is 1. The summed E-state index contributed by atoms with van der Waals surface area (Å²) < 4.78 is 5.52. The lowest BCUT2D eigenvalue weighted by atomic mass is 10.1. The van der Waals surface area contributed by atoms with Gasteiger partial charge >= 0.3 is 0 Å². The smallest absolute Gasteiger partial charge is 0.232 e. The molecule has 0 aromatic carbocycles. The maximum Gasteiger partial charge on any atom is 0.232 e. The maximum absolute atomic E-state index is 5.52. The summed E-state index contributed by atoms with van der Waals surface area (Å²) in [5, 5.41) is 0. The van der Waals surface area contributed by atoms with E-state index in [9.17, 15) is 0 Å². The van der Waals surface area contributed by atoms with Crippen LogP contribution in [0.15, 0.2) is 12.4 Å². The van der Waals surface area contributed by atoms with Crippen molar-refractivity contribution in [3.8, 4) is 5.88 Å². The molecule has 5 heteroatoms. The quantitative estimate of drug-likeness (QED) is 0.795. The normalized spacial score (nSPS) is 11.8. The molecule has 0 aliphatic heterocycles. The van der Waals surface area contributed by atoms with Gasteiger partial charge in [0, 0.05) is 5.54 Å². The van der Waals surface area contributed by atoms with Crippen LogP contribution in [-0.4, -0.2) is 41.1 Å². The molecule has 0 saturated carbocycles. The highest BCUT2D eigenvalue weighted by molar-refractivity contribution is 5.24. The number of nitrogens with zero attached hydrogens (tertiary/aromatic N) is 3. The van der Waals surface area contributed by atoms with Crippen LogP contribution in [0.5, 0.6) is 5.88 Å². The average molecular weight is 210 g/mol. The Morgan fingerprint density at radius 1 is 1.33 bits per heavy atom. The number of nitrogen functional groups attached to an aromatic ring is 1. The van der Waals surface area contributed by atoms with Crippen molar-refractivity contribution in [2.45, 2.75) is 19.4 Å². The summed E-state index contributed by atoms with van der Waals surface area (Å²) in [7, 11) is 4.02. The van der Waals surface area contributed by atoms with Crippen molar-refractivity contribution >= 4 is 5.82 Å². The van der Waals surface area contributed by atoms with Gasteiger partial charge in [0.05, 0.1) is 12.4 Å². The molecule has 0 radical (unpaired) electrons. The molecule has 0 spiro atoms. The topological polar surface area (TPSA) is 64.3 Å². The van der Waals surface area contributed by atoms with Gasteiger partial charge < -0.3 is 15.4 Å². The molecule has 0 aliphatic rings. The summed E-state index contributed by atoms with van der Waals surface area (Å²) in [5.74, 6) is 0.897. The van der Waals surface area contributed by atoms with E-state index in [4.69, 9.17) is 10.5 Å². The molecule has 15 heavy (non-hydrogen) atoms. The molecule has 2 N–H and O–H groups in total. The number of aromatic nitrogens is 2. The number of likely N-dealkylation sites (N-methyl/N-ethyl adjacent to an activating group) is 1. The van der Waals surface area contributed by atoms with Crippen molar-refractivity contribution < 1.29 is 4.74 Å². The van der Waals surface area contributed by atoms with Crippen molar-refractivity contribution in [1.29, 1.82) is 0 Å². The van der Waals surface area contributed by atoms with Crippen molar-refractivity contribution in [1.82, 2.24) is 14.9 Å². The minimum absolute atomic E-state index is 0.0386. The Morgan fingerprint density at radius 2 is 2.00 bits per heavy atom. The summed E-state index contributed by atoms with van der Waals surface area (Å²) in [6.07, 6.45) is 3.01. The van der Waals surface area contributed by atoms with Crippen LogP contribution in [0.1, 0.15) is 13.8 Å². The number of rotatable bonds is 4. The zero-order valence-electron chi connectivity index (χ0n) is 9.69. The van der Waals surface area contributed by atoms with Crippen molar-refractivity contribution in [2.24, 2.45) is 0 Å². The number of anilines is 1. The van der Waals surface area contributed by atoms with Crippen LogP contribution in [0, 0.1) is 0 Å². The maximum atomic E-state index is 5.52. The molecule has 1 heterocycles. The van der Waals surface area contributed by atoms with E-state index in [0.717, 1.165) is 0 Å². The summed E-state index contributed by atoms with van der Waals surface area (Å²) in [4.78, 5) is 10.0. The van der Waals surface area contributed by atoms with E-state index in [2.05, 4.69) is 28.7 Å². The van der Waals surface area contributed by atoms with Gasteiger partial charge in [0.2, 0.25) is 5.88 Å². The minimum Gasteiger partial charge on any atom is -0.475 e. The predicted molar refractivity (Wildman–Crippen MR) is 59.7 cm³/mol. The molecule has 0 bridgehead atoms. The molecule has 5 nitrogen and oxygen atoms in total. The van der Waals surface area contributed by atoms with Crippen LogP contribution < -0.4 is 10.5 Å². The Balaban J connectivity index is 2.54. The molecule has 0 saturated heterocycles. The van der Waals surface area contributed by atoms with E-state index in [1.54, 1.807) is 0 Å². The van der Waals surface area contributed by atoms with Crippen molar-refractivity contribution in [2.75, 3.05) is 26.4 Å². The van der Waals surface area contributed by atoms with Crippen molar-refractivity contribution in [3.63, 3.8) is 0 Å². The molecule has 0 atom stereocenters. The van der Waals surface area contributed by atoms with Crippen LogP contribution >= 0.6 is 0 Å². The highest BCUT2D eigenvalue weighted by Gasteiger charge is 2.21. The van der Waals surface area contributed by atoms with Crippen LogP contribution in [0.3, 0.4) is 0 Å². The van der Waals surface area contributed by atoms with E-state index in [0.29, 0.717) is 18.3 Å². The summed E-state index contributed by atoms with van der Waals surface area (Å²) in [6.45, 7) is 4.74. The second-order valence-corrected chi connectivity index (χ2v) is 4.28. The van der Waals surface area contributed by atoms with Crippen LogP contribution in [0.25, 0.3) is 0 Å². The lowest BCUT2D eigenvalue weighted by Gasteiger charge is -2.31. The largest absolute Gasteiger partial charge is 0.475 e. The Morgan fingerprint density at radius 3 is 2.47 bits per heavy atom. The Kier molecular flexibility index (Phi) is 3.47. The molecule has 0 unspecified atom stereocenters. The third kappa shape index (κ3) is 3.36. The van der Waals surface area contributed by atoms with Gasteiger partial charge in [0.15, 0.2) is 0 Å². The summed E-state index contributed by atoms with van der Waals surface area (Å²) >= 11 is 0. The molecule has 1 rings (SSSR count). The minimum atomic E-state index is -0.0386. The molecule has 0 aliphatic carbocycles. The van der Waals surface area contributed by atoms with E-state index in [1.807, 2.05) is 14.1 Å². The lowest BCUT2D eigenvalue weighted by molar-refractivity contribution is 0.111. The third-order valence-electron chi connectivity index (χ3n) is 2.43. The first-order valence-electron chi connectivity index (χ1n) is 4.79. The van der Waals surface area contributed by atoms with Gasteiger partial charge in [0.1, 0.15) is 12.4 Å². The monoisotopic (exact) mass is 210 g/mol. The van der Waals surface area contributed by atoms with Gasteiger partial charge in [-0.15, -0.1) is 0 Å². The van der Waals surface area contributed by atoms with Crippen LogP contribution in [-0.2, 0) is 0 Å². The first-order valence-corrected chi connectivity index (χ1v) is 4.79. The second-order valence-electron chi connectivity index (χ2n) is 4.28. The van der Waals surface area contributed by atoms with Gasteiger partial charge in [-0.1, -0.05) is 0 Å². The fourth-order valence-electron chi connectivity index (χ4n) is 0.780. The predicted octanol–water partition coefficient (Wildman–Crippen LogP) is 0.778. The summed E-state index contributed by atoms with van der Waals surface area (Å²) in [6, 6.07) is 0. The second kappa shape index (κ2) is 4.44. The zero-order chi connectivity index (χ0) is 11.5. The molecule has 1 aromatic rings. The first kappa shape index (κ1) is 11.7. The fourth-order valence-corrected chi connectivity index (χ4v) is 0.780. The van der Waals surface area contributed by atoms with Gasteiger partial charge in [-0.05, 0) is 27.9 Å². The Labute approximate surface area is 90.3 Å². The van der Waals surface area contributed by atoms with Crippen LogP contribution in [0.2, 0.25) is 0 Å². The highest BCUT2D eigenvalue weighted by atomic mass is 16.5. The average Bonchev–Trinajstić information content (AvgIpc) is 2.17. The number of ether oxygens (including phenoxy) is 1.